The van der Waals surface area contributed by atoms with Crippen molar-refractivity contribution in [3.63, 3.8) is 0 Å². The molecule has 29 heavy (non-hydrogen) atoms. The van der Waals surface area contributed by atoms with Crippen molar-refractivity contribution in [2.24, 2.45) is 7.05 Å². The zero-order valence-corrected chi connectivity index (χ0v) is 16.2. The van der Waals surface area contributed by atoms with Gasteiger partial charge >= 0.3 is 0 Å². The normalized spacial score (nSPS) is 15.1. The van der Waals surface area contributed by atoms with Gasteiger partial charge in [-0.3, -0.25) is 0 Å². The standard InChI is InChI=1S/C17H21FN10O/c1-10(14-19-4-11(18)5-20-14)22-15-24-16(23-13-8-27(2)9-21-13)26-17(25-15)28-6-12(7-28)29-3/h4-5,8-10,12H,6-7H2,1-3H3,(H2,22,23,24,25,26)/t10-/m0/s1. The van der Waals surface area contributed by atoms with Crippen molar-refractivity contribution in [1.82, 2.24) is 34.5 Å². The van der Waals surface area contributed by atoms with E-state index in [0.29, 0.717) is 42.6 Å². The van der Waals surface area contributed by atoms with Gasteiger partial charge in [-0.15, -0.1) is 0 Å². The number of ether oxygens (including phenoxy) is 1. The molecule has 0 aromatic carbocycles. The van der Waals surface area contributed by atoms with Crippen molar-refractivity contribution in [3.05, 3.63) is 36.6 Å². The van der Waals surface area contributed by atoms with Crippen LogP contribution in [0.3, 0.4) is 0 Å². The van der Waals surface area contributed by atoms with E-state index < -0.39 is 5.82 Å². The van der Waals surface area contributed by atoms with Gasteiger partial charge in [0, 0.05) is 33.4 Å². The van der Waals surface area contributed by atoms with Gasteiger partial charge in [0.1, 0.15) is 5.82 Å². The fourth-order valence-electron chi connectivity index (χ4n) is 2.77. The Kier molecular flexibility index (Phi) is 5.16. The first-order valence-electron chi connectivity index (χ1n) is 9.03. The van der Waals surface area contributed by atoms with Gasteiger partial charge in [0.05, 0.1) is 30.9 Å². The van der Waals surface area contributed by atoms with Crippen LogP contribution in [-0.4, -0.2) is 60.8 Å². The van der Waals surface area contributed by atoms with E-state index in [9.17, 15) is 4.39 Å². The second kappa shape index (κ2) is 7.91. The van der Waals surface area contributed by atoms with Crippen molar-refractivity contribution >= 4 is 23.7 Å². The third-order valence-corrected chi connectivity index (χ3v) is 4.41. The Bertz CT molecular complexity index is 973. The summed E-state index contributed by atoms with van der Waals surface area (Å²) in [5.74, 6) is 1.76. The molecule has 2 N–H and O–H groups in total. The third kappa shape index (κ3) is 4.37. The molecule has 0 bridgehead atoms. The van der Waals surface area contributed by atoms with E-state index in [0.717, 1.165) is 12.4 Å². The molecule has 4 heterocycles. The second-order valence-corrected chi connectivity index (χ2v) is 6.72. The Morgan fingerprint density at radius 3 is 2.52 bits per heavy atom. The van der Waals surface area contributed by atoms with Crippen molar-refractivity contribution < 1.29 is 9.13 Å². The van der Waals surface area contributed by atoms with Gasteiger partial charge in [0.15, 0.2) is 11.6 Å². The monoisotopic (exact) mass is 400 g/mol. The first-order chi connectivity index (χ1) is 14.0. The summed E-state index contributed by atoms with van der Waals surface area (Å²) in [4.78, 5) is 27.6. The molecule has 152 valence electrons. The van der Waals surface area contributed by atoms with Crippen LogP contribution in [0.15, 0.2) is 24.9 Å². The topological polar surface area (TPSA) is 119 Å². The maximum absolute atomic E-state index is 13.1. The minimum Gasteiger partial charge on any atom is -0.378 e. The molecule has 11 nitrogen and oxygen atoms in total. The van der Waals surface area contributed by atoms with Crippen LogP contribution in [0.25, 0.3) is 0 Å². The Hall–Kier alpha value is -3.41. The van der Waals surface area contributed by atoms with Gasteiger partial charge in [-0.2, -0.15) is 15.0 Å². The molecule has 0 aliphatic carbocycles. The summed E-state index contributed by atoms with van der Waals surface area (Å²) in [5, 5.41) is 6.23. The zero-order chi connectivity index (χ0) is 20.4. The molecule has 1 atom stereocenters. The maximum atomic E-state index is 13.1. The maximum Gasteiger partial charge on any atom is 0.235 e. The predicted octanol–water partition coefficient (Wildman–Crippen LogP) is 1.29. The SMILES string of the molecule is COC1CN(c2nc(Nc3cn(C)cn3)nc(N[C@@H](C)c3ncc(F)cn3)n2)C1. The van der Waals surface area contributed by atoms with Gasteiger partial charge in [0.25, 0.3) is 0 Å². The molecule has 4 rings (SSSR count). The summed E-state index contributed by atoms with van der Waals surface area (Å²) in [7, 11) is 3.56. The number of anilines is 4. The van der Waals surface area contributed by atoms with Crippen LogP contribution in [0.1, 0.15) is 18.8 Å². The fourth-order valence-corrected chi connectivity index (χ4v) is 2.77. The number of imidazole rings is 1. The highest BCUT2D eigenvalue weighted by molar-refractivity contribution is 5.52. The summed E-state index contributed by atoms with van der Waals surface area (Å²) in [5.41, 5.74) is 0. The van der Waals surface area contributed by atoms with Gasteiger partial charge < -0.3 is 24.8 Å². The number of aromatic nitrogens is 7. The van der Waals surface area contributed by atoms with E-state index in [1.165, 1.54) is 0 Å². The highest BCUT2D eigenvalue weighted by Crippen LogP contribution is 2.23. The Balaban J connectivity index is 1.57. The van der Waals surface area contributed by atoms with Crippen LogP contribution in [0.5, 0.6) is 0 Å². The van der Waals surface area contributed by atoms with Gasteiger partial charge in [-0.1, -0.05) is 0 Å². The van der Waals surface area contributed by atoms with Crippen LogP contribution in [0, 0.1) is 5.82 Å². The number of methoxy groups -OCH3 is 1. The van der Waals surface area contributed by atoms with E-state index in [-0.39, 0.29) is 12.1 Å². The third-order valence-electron chi connectivity index (χ3n) is 4.41. The van der Waals surface area contributed by atoms with E-state index in [1.807, 2.05) is 29.6 Å². The molecule has 3 aromatic rings. The summed E-state index contributed by atoms with van der Waals surface area (Å²) >= 11 is 0. The molecular weight excluding hydrogens is 379 g/mol. The number of hydrogen-bond acceptors (Lipinski definition) is 10. The molecule has 0 radical (unpaired) electrons. The van der Waals surface area contributed by atoms with Crippen molar-refractivity contribution in [2.75, 3.05) is 35.7 Å². The minimum absolute atomic E-state index is 0.155. The van der Waals surface area contributed by atoms with E-state index in [1.54, 1.807) is 13.4 Å². The summed E-state index contributed by atoms with van der Waals surface area (Å²) in [6, 6.07) is -0.336. The van der Waals surface area contributed by atoms with Gasteiger partial charge in [0.2, 0.25) is 17.8 Å². The highest BCUT2D eigenvalue weighted by Gasteiger charge is 2.29. The second-order valence-electron chi connectivity index (χ2n) is 6.72. The smallest absolute Gasteiger partial charge is 0.235 e. The zero-order valence-electron chi connectivity index (χ0n) is 16.2. The number of nitrogens with one attached hydrogen (secondary N) is 2. The number of hydrogen-bond donors (Lipinski definition) is 2. The summed E-state index contributed by atoms with van der Waals surface area (Å²) in [6.45, 7) is 3.23. The lowest BCUT2D eigenvalue weighted by Gasteiger charge is -2.38. The lowest BCUT2D eigenvalue weighted by molar-refractivity contribution is 0.0778. The molecule has 1 saturated heterocycles. The summed E-state index contributed by atoms with van der Waals surface area (Å²) in [6.07, 6.45) is 5.89. The van der Waals surface area contributed by atoms with E-state index >= 15 is 0 Å². The molecule has 3 aromatic heterocycles. The highest BCUT2D eigenvalue weighted by atomic mass is 19.1. The van der Waals surface area contributed by atoms with Crippen LogP contribution in [0.4, 0.5) is 28.1 Å². The van der Waals surface area contributed by atoms with E-state index in [2.05, 4.69) is 40.5 Å². The lowest BCUT2D eigenvalue weighted by atomic mass is 10.2. The number of halogens is 1. The first-order valence-corrected chi connectivity index (χ1v) is 9.03. The number of aryl methyl sites for hydroxylation is 1. The number of rotatable bonds is 7. The molecule has 0 unspecified atom stereocenters. The Morgan fingerprint density at radius 1 is 1.14 bits per heavy atom. The Labute approximate surface area is 166 Å². The van der Waals surface area contributed by atoms with Crippen molar-refractivity contribution in [3.8, 4) is 0 Å². The van der Waals surface area contributed by atoms with Crippen LogP contribution in [-0.2, 0) is 11.8 Å². The fraction of sp³-hybridized carbons (Fsp3) is 0.412. The lowest BCUT2D eigenvalue weighted by Crippen LogP contribution is -2.52. The molecule has 12 heteroatoms. The average molecular weight is 400 g/mol. The Morgan fingerprint density at radius 2 is 1.86 bits per heavy atom. The predicted molar refractivity (Wildman–Crippen MR) is 103 cm³/mol. The van der Waals surface area contributed by atoms with Crippen molar-refractivity contribution in [2.45, 2.75) is 19.1 Å². The molecule has 0 saturated carbocycles. The molecule has 1 fully saturated rings. The largest absolute Gasteiger partial charge is 0.378 e. The number of nitrogens with zero attached hydrogens (tertiary/aromatic N) is 8. The van der Waals surface area contributed by atoms with Gasteiger partial charge in [-0.05, 0) is 6.92 Å². The average Bonchev–Trinajstić information content (AvgIpc) is 3.06. The quantitative estimate of drug-likeness (QED) is 0.600. The van der Waals surface area contributed by atoms with Crippen LogP contribution >= 0.6 is 0 Å². The molecule has 1 aliphatic heterocycles. The molecular formula is C17H21FN10O. The molecule has 0 spiro atoms. The molecule has 0 amide bonds. The first kappa shape index (κ1) is 18.9. The summed E-state index contributed by atoms with van der Waals surface area (Å²) < 4.78 is 20.2. The minimum atomic E-state index is -0.490. The molecule has 1 aliphatic rings. The van der Waals surface area contributed by atoms with Crippen molar-refractivity contribution in [1.29, 1.82) is 0 Å². The van der Waals surface area contributed by atoms with Crippen LogP contribution < -0.4 is 15.5 Å². The van der Waals surface area contributed by atoms with E-state index in [4.69, 9.17) is 4.74 Å². The van der Waals surface area contributed by atoms with Crippen LogP contribution in [0.2, 0.25) is 0 Å². The van der Waals surface area contributed by atoms with Gasteiger partial charge in [-0.25, -0.2) is 19.3 Å².